The molecule has 2 aromatic heterocycles. The van der Waals surface area contributed by atoms with Crippen LogP contribution in [0.2, 0.25) is 0 Å². The fourth-order valence-corrected chi connectivity index (χ4v) is 4.44. The van der Waals surface area contributed by atoms with Gasteiger partial charge in [0.05, 0.1) is 11.4 Å². The number of carbonyl (C=O) groups excluding carboxylic acids is 4. The van der Waals surface area contributed by atoms with Gasteiger partial charge in [-0.15, -0.1) is 10.2 Å². The van der Waals surface area contributed by atoms with Crippen molar-refractivity contribution in [2.45, 2.75) is 45.2 Å². The van der Waals surface area contributed by atoms with Crippen molar-refractivity contribution in [2.75, 3.05) is 13.1 Å². The third kappa shape index (κ3) is 5.38. The molecule has 1 aliphatic heterocycles. The second kappa shape index (κ2) is 9.87. The van der Waals surface area contributed by atoms with Crippen LogP contribution in [0.15, 0.2) is 0 Å². The number of nitrogens with one attached hydrogen (secondary N) is 2. The van der Waals surface area contributed by atoms with Gasteiger partial charge in [0.25, 0.3) is 11.8 Å². The lowest BCUT2D eigenvalue weighted by molar-refractivity contribution is -0.127. The lowest BCUT2D eigenvalue weighted by atomic mass is 9.95. The van der Waals surface area contributed by atoms with Gasteiger partial charge in [0.1, 0.15) is 15.8 Å². The maximum absolute atomic E-state index is 13.0. The molecule has 0 aliphatic carbocycles. The summed E-state index contributed by atoms with van der Waals surface area (Å²) < 4.78 is 7.56. The normalized spacial score (nSPS) is 18.5. The fourth-order valence-electron chi connectivity index (χ4n) is 3.26. The van der Waals surface area contributed by atoms with Gasteiger partial charge in [-0.2, -0.15) is 0 Å². The summed E-state index contributed by atoms with van der Waals surface area (Å²) in [6, 6.07) is -1.16. The van der Waals surface area contributed by atoms with E-state index in [1.54, 1.807) is 13.8 Å². The summed E-state index contributed by atoms with van der Waals surface area (Å²) in [6.07, 6.45) is 0.678. The minimum Gasteiger partial charge on any atom is -0.370 e. The van der Waals surface area contributed by atoms with E-state index in [1.165, 1.54) is 4.90 Å². The Hall–Kier alpha value is -3.00. The molecule has 1 saturated heterocycles. The van der Waals surface area contributed by atoms with Crippen LogP contribution in [-0.2, 0) is 9.59 Å². The van der Waals surface area contributed by atoms with Gasteiger partial charge in [0.15, 0.2) is 0 Å². The summed E-state index contributed by atoms with van der Waals surface area (Å²) in [5, 5.41) is 13.3. The molecule has 14 heteroatoms. The van der Waals surface area contributed by atoms with Crippen molar-refractivity contribution in [3.63, 3.8) is 0 Å². The number of piperidine rings is 1. The third-order valence-electron chi connectivity index (χ3n) is 4.88. The molecule has 0 spiro atoms. The van der Waals surface area contributed by atoms with Crippen molar-refractivity contribution in [3.8, 4) is 0 Å². The average molecular weight is 467 g/mol. The molecular formula is C17H22N8O4S2. The molecule has 0 saturated carbocycles. The molecule has 2 unspecified atom stereocenters. The van der Waals surface area contributed by atoms with E-state index in [1.807, 2.05) is 0 Å². The van der Waals surface area contributed by atoms with E-state index in [-0.39, 0.29) is 43.8 Å². The highest BCUT2D eigenvalue weighted by Crippen LogP contribution is 2.23. The van der Waals surface area contributed by atoms with Crippen LogP contribution < -0.4 is 16.4 Å². The molecule has 4 N–H and O–H groups in total. The second-order valence-electron chi connectivity index (χ2n) is 7.09. The standard InChI is InChI=1S/C17H22N8O4S2/c1-8-13(30-23-21-8)16(28)20-10-4-6-25(17(29)14-9(2)22-24-31-14)11(7-10)15(27)19-5-3-12(18)26/h10-11H,3-7H2,1-2H3,(H2,18,26)(H,19,27)(H,20,28). The molecule has 0 aromatic carbocycles. The molecule has 3 rings (SSSR count). The van der Waals surface area contributed by atoms with Crippen molar-refractivity contribution >= 4 is 46.7 Å². The van der Waals surface area contributed by atoms with Crippen LogP contribution in [0.3, 0.4) is 0 Å². The van der Waals surface area contributed by atoms with E-state index in [2.05, 4.69) is 29.8 Å². The van der Waals surface area contributed by atoms with Crippen molar-refractivity contribution in [2.24, 2.45) is 5.73 Å². The predicted molar refractivity (Wildman–Crippen MR) is 111 cm³/mol. The van der Waals surface area contributed by atoms with Crippen LogP contribution in [0.4, 0.5) is 0 Å². The molecule has 166 valence electrons. The first-order valence-electron chi connectivity index (χ1n) is 9.53. The Kier molecular flexibility index (Phi) is 7.22. The van der Waals surface area contributed by atoms with Gasteiger partial charge in [0.2, 0.25) is 11.8 Å². The van der Waals surface area contributed by atoms with Gasteiger partial charge in [-0.3, -0.25) is 19.2 Å². The summed E-state index contributed by atoms with van der Waals surface area (Å²) in [5.74, 6) is -1.61. The average Bonchev–Trinajstić information content (AvgIpc) is 3.35. The van der Waals surface area contributed by atoms with Crippen LogP contribution in [0.1, 0.15) is 50.0 Å². The first-order valence-corrected chi connectivity index (χ1v) is 11.1. The van der Waals surface area contributed by atoms with Gasteiger partial charge < -0.3 is 21.3 Å². The van der Waals surface area contributed by atoms with Crippen molar-refractivity contribution in [1.29, 1.82) is 0 Å². The largest absolute Gasteiger partial charge is 0.370 e. The van der Waals surface area contributed by atoms with Crippen molar-refractivity contribution in [3.05, 3.63) is 21.1 Å². The number of rotatable bonds is 7. The number of aromatic nitrogens is 4. The van der Waals surface area contributed by atoms with Crippen molar-refractivity contribution < 1.29 is 19.2 Å². The smallest absolute Gasteiger partial charge is 0.268 e. The number of nitrogens with zero attached hydrogens (tertiary/aromatic N) is 5. The van der Waals surface area contributed by atoms with Gasteiger partial charge in [-0.25, -0.2) is 0 Å². The highest BCUT2D eigenvalue weighted by molar-refractivity contribution is 7.08. The second-order valence-corrected chi connectivity index (χ2v) is 8.60. The number of carbonyl (C=O) groups is 4. The number of amides is 4. The fraction of sp³-hybridized carbons (Fsp3) is 0.529. The van der Waals surface area contributed by atoms with Crippen LogP contribution >= 0.6 is 23.1 Å². The molecule has 1 aliphatic rings. The molecule has 2 aromatic rings. The van der Waals surface area contributed by atoms with E-state index < -0.39 is 17.9 Å². The Balaban J connectivity index is 1.74. The van der Waals surface area contributed by atoms with E-state index in [0.29, 0.717) is 27.6 Å². The van der Waals surface area contributed by atoms with E-state index >= 15 is 0 Å². The molecule has 4 amide bonds. The number of aryl methyl sites for hydroxylation is 2. The van der Waals surface area contributed by atoms with Crippen LogP contribution in [0.25, 0.3) is 0 Å². The molecule has 3 heterocycles. The molecule has 12 nitrogen and oxygen atoms in total. The summed E-state index contributed by atoms with van der Waals surface area (Å²) in [6.45, 7) is 3.70. The summed E-state index contributed by atoms with van der Waals surface area (Å²) in [5.41, 5.74) is 6.15. The molecular weight excluding hydrogens is 444 g/mol. The first-order chi connectivity index (χ1) is 14.8. The van der Waals surface area contributed by atoms with Crippen LogP contribution in [0.5, 0.6) is 0 Å². The number of hydrogen-bond donors (Lipinski definition) is 3. The van der Waals surface area contributed by atoms with Crippen LogP contribution in [-0.4, -0.2) is 72.9 Å². The van der Waals surface area contributed by atoms with Crippen LogP contribution in [0, 0.1) is 13.8 Å². The molecule has 0 bridgehead atoms. The van der Waals surface area contributed by atoms with Gasteiger partial charge in [-0.1, -0.05) is 8.98 Å². The predicted octanol–water partition coefficient (Wildman–Crippen LogP) is -0.599. The molecule has 2 atom stereocenters. The lowest BCUT2D eigenvalue weighted by Crippen LogP contribution is -2.57. The topological polar surface area (TPSA) is 173 Å². The minimum absolute atomic E-state index is 0.0118. The summed E-state index contributed by atoms with van der Waals surface area (Å²) in [4.78, 5) is 51.6. The third-order valence-corrected chi connectivity index (χ3v) is 6.52. The zero-order valence-electron chi connectivity index (χ0n) is 17.0. The summed E-state index contributed by atoms with van der Waals surface area (Å²) >= 11 is 1.97. The van der Waals surface area contributed by atoms with Gasteiger partial charge >= 0.3 is 0 Å². The number of hydrogen-bond acceptors (Lipinski definition) is 10. The SMILES string of the molecule is Cc1nnsc1C(=O)NC1CCN(C(=O)c2snnc2C)C(C(=O)NCCC(N)=O)C1. The zero-order chi connectivity index (χ0) is 22.5. The highest BCUT2D eigenvalue weighted by atomic mass is 32.1. The lowest BCUT2D eigenvalue weighted by Gasteiger charge is -2.38. The summed E-state index contributed by atoms with van der Waals surface area (Å²) in [7, 11) is 0. The Morgan fingerprint density at radius 3 is 2.32 bits per heavy atom. The van der Waals surface area contributed by atoms with E-state index in [0.717, 1.165) is 23.1 Å². The maximum atomic E-state index is 13.0. The maximum Gasteiger partial charge on any atom is 0.268 e. The Morgan fingerprint density at radius 1 is 1.10 bits per heavy atom. The number of likely N-dealkylation sites (tertiary alicyclic amines) is 1. The van der Waals surface area contributed by atoms with Crippen molar-refractivity contribution in [1.82, 2.24) is 34.7 Å². The molecule has 1 fully saturated rings. The van der Waals surface area contributed by atoms with E-state index in [4.69, 9.17) is 5.73 Å². The molecule has 31 heavy (non-hydrogen) atoms. The van der Waals surface area contributed by atoms with E-state index in [9.17, 15) is 19.2 Å². The van der Waals surface area contributed by atoms with Gasteiger partial charge in [0, 0.05) is 25.6 Å². The quantitative estimate of drug-likeness (QED) is 0.485. The Morgan fingerprint density at radius 2 is 1.74 bits per heavy atom. The Bertz CT molecular complexity index is 990. The van der Waals surface area contributed by atoms with Gasteiger partial charge in [-0.05, 0) is 49.8 Å². The zero-order valence-corrected chi connectivity index (χ0v) is 18.6. The first kappa shape index (κ1) is 22.7. The minimum atomic E-state index is -0.832. The monoisotopic (exact) mass is 466 g/mol. The number of nitrogens with two attached hydrogens (primary N) is 1. The molecule has 0 radical (unpaired) electrons. The Labute approximate surface area is 185 Å². The number of primary amides is 1. The highest BCUT2D eigenvalue weighted by Gasteiger charge is 2.38.